The van der Waals surface area contributed by atoms with Gasteiger partial charge in [-0.05, 0) is 38.8 Å². The van der Waals surface area contributed by atoms with Crippen LogP contribution in [0.3, 0.4) is 0 Å². The Balaban J connectivity index is 0. The van der Waals surface area contributed by atoms with Crippen molar-refractivity contribution in [2.24, 2.45) is 17.2 Å². The molecule has 0 aliphatic heterocycles. The van der Waals surface area contributed by atoms with E-state index in [2.05, 4.69) is 5.32 Å². The average Bonchev–Trinajstić information content (AvgIpc) is 2.33. The van der Waals surface area contributed by atoms with E-state index in [1.54, 1.807) is 0 Å². The van der Waals surface area contributed by atoms with Crippen molar-refractivity contribution in [3.05, 3.63) is 0 Å². The normalized spacial score (nSPS) is 13.2. The van der Waals surface area contributed by atoms with Crippen molar-refractivity contribution in [3.63, 3.8) is 0 Å². The minimum absolute atomic E-state index is 0. The molecule has 0 saturated carbocycles. The van der Waals surface area contributed by atoms with E-state index < -0.39 is 24.0 Å². The summed E-state index contributed by atoms with van der Waals surface area (Å²) in [6.07, 6.45) is 2.92. The van der Waals surface area contributed by atoms with Gasteiger partial charge in [0.2, 0.25) is 5.91 Å². The molecular formula is C11H25ClN4O3. The number of nitrogens with one attached hydrogen (secondary N) is 1. The molecule has 0 heterocycles. The number of halogens is 1. The Bertz CT molecular complexity index is 266. The predicted molar refractivity (Wildman–Crippen MR) is 76.0 cm³/mol. The van der Waals surface area contributed by atoms with E-state index in [-0.39, 0.29) is 12.4 Å². The van der Waals surface area contributed by atoms with Crippen molar-refractivity contribution in [3.8, 4) is 0 Å². The van der Waals surface area contributed by atoms with Crippen LogP contribution < -0.4 is 22.5 Å². The molecule has 114 valence electrons. The summed E-state index contributed by atoms with van der Waals surface area (Å²) in [7, 11) is 0. The van der Waals surface area contributed by atoms with Gasteiger partial charge in [-0.1, -0.05) is 6.42 Å². The van der Waals surface area contributed by atoms with Crippen molar-refractivity contribution >= 4 is 24.3 Å². The lowest BCUT2D eigenvalue weighted by Crippen LogP contribution is -2.48. The van der Waals surface area contributed by atoms with E-state index in [0.717, 1.165) is 12.8 Å². The van der Waals surface area contributed by atoms with Gasteiger partial charge in [0.05, 0.1) is 6.04 Å². The van der Waals surface area contributed by atoms with Crippen molar-refractivity contribution in [1.82, 2.24) is 5.32 Å². The summed E-state index contributed by atoms with van der Waals surface area (Å²) in [4.78, 5) is 22.6. The minimum Gasteiger partial charge on any atom is -0.480 e. The van der Waals surface area contributed by atoms with Gasteiger partial charge in [-0.15, -0.1) is 12.4 Å². The van der Waals surface area contributed by atoms with Crippen LogP contribution in [0.15, 0.2) is 0 Å². The van der Waals surface area contributed by atoms with Gasteiger partial charge in [-0.2, -0.15) is 0 Å². The Morgan fingerprint density at radius 2 is 1.63 bits per heavy atom. The second kappa shape index (κ2) is 12.2. The molecule has 19 heavy (non-hydrogen) atoms. The monoisotopic (exact) mass is 296 g/mol. The van der Waals surface area contributed by atoms with Gasteiger partial charge in [0, 0.05) is 0 Å². The first-order valence-electron chi connectivity index (χ1n) is 6.21. The van der Waals surface area contributed by atoms with Crippen LogP contribution in [0.1, 0.15) is 32.1 Å². The molecule has 0 aromatic heterocycles. The number of amides is 1. The number of hydrogen-bond acceptors (Lipinski definition) is 5. The molecule has 0 spiro atoms. The Labute approximate surface area is 119 Å². The van der Waals surface area contributed by atoms with E-state index in [0.29, 0.717) is 32.4 Å². The molecule has 0 rings (SSSR count). The van der Waals surface area contributed by atoms with Crippen molar-refractivity contribution < 1.29 is 14.7 Å². The Morgan fingerprint density at radius 1 is 1.05 bits per heavy atom. The third-order valence-electron chi connectivity index (χ3n) is 2.62. The number of hydrogen-bond donors (Lipinski definition) is 5. The SMILES string of the molecule is Cl.NCCCCC(N)C(=O)NC(CCCN)C(=O)O. The largest absolute Gasteiger partial charge is 0.480 e. The van der Waals surface area contributed by atoms with E-state index in [1.165, 1.54) is 0 Å². The van der Waals surface area contributed by atoms with E-state index in [4.69, 9.17) is 22.3 Å². The zero-order valence-corrected chi connectivity index (χ0v) is 11.8. The van der Waals surface area contributed by atoms with Crippen LogP contribution in [-0.2, 0) is 9.59 Å². The highest BCUT2D eigenvalue weighted by atomic mass is 35.5. The van der Waals surface area contributed by atoms with Crippen molar-refractivity contribution in [1.29, 1.82) is 0 Å². The molecule has 2 atom stereocenters. The molecule has 1 amide bonds. The van der Waals surface area contributed by atoms with Crippen LogP contribution in [0.25, 0.3) is 0 Å². The molecule has 8 heteroatoms. The first-order valence-corrected chi connectivity index (χ1v) is 6.21. The molecule has 0 aromatic carbocycles. The molecule has 8 N–H and O–H groups in total. The fourth-order valence-corrected chi connectivity index (χ4v) is 1.50. The fraction of sp³-hybridized carbons (Fsp3) is 0.818. The molecule has 0 aromatic rings. The Morgan fingerprint density at radius 3 is 2.11 bits per heavy atom. The standard InChI is InChI=1S/C11H24N4O3.ClH/c12-6-2-1-4-8(14)10(16)15-9(11(17)18)5-3-7-13;/h8-9H,1-7,12-14H2,(H,15,16)(H,17,18);1H. The fourth-order valence-electron chi connectivity index (χ4n) is 1.50. The lowest BCUT2D eigenvalue weighted by atomic mass is 10.1. The highest BCUT2D eigenvalue weighted by Gasteiger charge is 2.22. The Hall–Kier alpha value is -0.890. The second-order valence-corrected chi connectivity index (χ2v) is 4.22. The first kappa shape index (κ1) is 20.4. The lowest BCUT2D eigenvalue weighted by molar-refractivity contribution is -0.142. The first-order chi connectivity index (χ1) is 8.52. The molecule has 0 radical (unpaired) electrons. The highest BCUT2D eigenvalue weighted by Crippen LogP contribution is 2.01. The number of unbranched alkanes of at least 4 members (excludes halogenated alkanes) is 1. The maximum Gasteiger partial charge on any atom is 0.326 e. The third-order valence-corrected chi connectivity index (χ3v) is 2.62. The number of carboxylic acid groups (broad SMARTS) is 1. The van der Waals surface area contributed by atoms with Crippen LogP contribution in [0.5, 0.6) is 0 Å². The topological polar surface area (TPSA) is 144 Å². The zero-order valence-electron chi connectivity index (χ0n) is 11.0. The van der Waals surface area contributed by atoms with Crippen LogP contribution in [0.2, 0.25) is 0 Å². The lowest BCUT2D eigenvalue weighted by Gasteiger charge is -2.17. The van der Waals surface area contributed by atoms with Gasteiger partial charge in [0.25, 0.3) is 0 Å². The summed E-state index contributed by atoms with van der Waals surface area (Å²) < 4.78 is 0. The van der Waals surface area contributed by atoms with E-state index in [1.807, 2.05) is 0 Å². The maximum atomic E-state index is 11.7. The van der Waals surface area contributed by atoms with Gasteiger partial charge in [0.1, 0.15) is 6.04 Å². The molecule has 0 aliphatic rings. The van der Waals surface area contributed by atoms with Gasteiger partial charge in [-0.3, -0.25) is 4.79 Å². The Kier molecular flexibility index (Phi) is 13.1. The number of aliphatic carboxylic acids is 1. The number of carboxylic acids is 1. The summed E-state index contributed by atoms with van der Waals surface area (Å²) in [5.74, 6) is -1.50. The van der Waals surface area contributed by atoms with Gasteiger partial charge in [0.15, 0.2) is 0 Å². The van der Waals surface area contributed by atoms with Crippen LogP contribution in [-0.4, -0.2) is 42.2 Å². The number of carbonyl (C=O) groups is 2. The smallest absolute Gasteiger partial charge is 0.326 e. The highest BCUT2D eigenvalue weighted by molar-refractivity contribution is 5.86. The minimum atomic E-state index is -1.06. The maximum absolute atomic E-state index is 11.7. The van der Waals surface area contributed by atoms with Gasteiger partial charge < -0.3 is 27.6 Å². The summed E-state index contributed by atoms with van der Waals surface area (Å²) in [5, 5.41) is 11.4. The number of carbonyl (C=O) groups excluding carboxylic acids is 1. The zero-order chi connectivity index (χ0) is 14.0. The van der Waals surface area contributed by atoms with E-state index in [9.17, 15) is 9.59 Å². The van der Waals surface area contributed by atoms with Gasteiger partial charge >= 0.3 is 5.97 Å². The molecule has 0 aliphatic carbocycles. The summed E-state index contributed by atoms with van der Waals surface area (Å²) in [5.41, 5.74) is 16.3. The molecular weight excluding hydrogens is 272 g/mol. The summed E-state index contributed by atoms with van der Waals surface area (Å²) in [6.45, 7) is 0.949. The molecule has 7 nitrogen and oxygen atoms in total. The molecule has 2 unspecified atom stereocenters. The molecule has 0 saturated heterocycles. The third kappa shape index (κ3) is 9.66. The van der Waals surface area contributed by atoms with Crippen LogP contribution >= 0.6 is 12.4 Å². The predicted octanol–water partition coefficient (Wildman–Crippen LogP) is -0.827. The van der Waals surface area contributed by atoms with Crippen molar-refractivity contribution in [2.75, 3.05) is 13.1 Å². The van der Waals surface area contributed by atoms with Crippen LogP contribution in [0, 0.1) is 0 Å². The van der Waals surface area contributed by atoms with Crippen LogP contribution in [0.4, 0.5) is 0 Å². The number of nitrogens with two attached hydrogens (primary N) is 3. The quantitative estimate of drug-likeness (QED) is 0.333. The molecule has 0 bridgehead atoms. The summed E-state index contributed by atoms with van der Waals surface area (Å²) in [6, 6.07) is -1.60. The van der Waals surface area contributed by atoms with Gasteiger partial charge in [-0.25, -0.2) is 4.79 Å². The number of rotatable bonds is 10. The summed E-state index contributed by atoms with van der Waals surface area (Å²) >= 11 is 0. The second-order valence-electron chi connectivity index (χ2n) is 4.22. The van der Waals surface area contributed by atoms with Crippen molar-refractivity contribution in [2.45, 2.75) is 44.2 Å². The average molecular weight is 297 g/mol. The van der Waals surface area contributed by atoms with E-state index >= 15 is 0 Å². The molecule has 0 fully saturated rings.